The van der Waals surface area contributed by atoms with Crippen LogP contribution >= 0.6 is 23.1 Å². The first-order chi connectivity index (χ1) is 14.6. The van der Waals surface area contributed by atoms with E-state index in [1.54, 1.807) is 11.7 Å². The van der Waals surface area contributed by atoms with Gasteiger partial charge in [-0.15, -0.1) is 11.3 Å². The van der Waals surface area contributed by atoms with Crippen LogP contribution in [0, 0.1) is 0 Å². The highest BCUT2D eigenvalue weighted by Gasteiger charge is 2.18. The maximum absolute atomic E-state index is 13.1. The van der Waals surface area contributed by atoms with Gasteiger partial charge in [0.2, 0.25) is 5.91 Å². The first-order valence-corrected chi connectivity index (χ1v) is 11.6. The van der Waals surface area contributed by atoms with Crippen molar-refractivity contribution in [2.24, 2.45) is 0 Å². The van der Waals surface area contributed by atoms with Crippen molar-refractivity contribution < 1.29 is 14.3 Å². The van der Waals surface area contributed by atoms with E-state index < -0.39 is 0 Å². The van der Waals surface area contributed by atoms with E-state index in [4.69, 9.17) is 9.47 Å². The number of thioether (sulfide) groups is 1. The minimum absolute atomic E-state index is 0.0944. The quantitative estimate of drug-likeness (QED) is 0.424. The van der Waals surface area contributed by atoms with Gasteiger partial charge in [-0.2, -0.15) is 0 Å². The van der Waals surface area contributed by atoms with Gasteiger partial charge < -0.3 is 14.8 Å². The molecule has 0 aliphatic carbocycles. The standard InChI is InChI=1S/C21H23N3O4S2/c1-27-15-5-2-4-14(10-15)12-24-20(26)19-17(7-9-29-19)23-21(24)30-13-18(25)22-11-16-6-3-8-28-16/h2,4-5,7,9-10,16H,3,6,8,11-13H2,1H3,(H,22,25)/t16-/m0/s1. The normalized spacial score (nSPS) is 16.1. The summed E-state index contributed by atoms with van der Waals surface area (Å²) < 4.78 is 13.1. The van der Waals surface area contributed by atoms with Crippen molar-refractivity contribution in [3.63, 3.8) is 0 Å². The number of carbonyl (C=O) groups excluding carboxylic acids is 1. The molecular weight excluding hydrogens is 422 g/mol. The summed E-state index contributed by atoms with van der Waals surface area (Å²) in [7, 11) is 1.61. The second-order valence-electron chi connectivity index (χ2n) is 7.00. The van der Waals surface area contributed by atoms with Crippen LogP contribution in [0.5, 0.6) is 5.75 Å². The Hall–Kier alpha value is -2.36. The average Bonchev–Trinajstić information content (AvgIpc) is 3.45. The Morgan fingerprint density at radius 3 is 3.13 bits per heavy atom. The summed E-state index contributed by atoms with van der Waals surface area (Å²) in [6.07, 6.45) is 2.12. The summed E-state index contributed by atoms with van der Waals surface area (Å²) in [5.41, 5.74) is 1.49. The van der Waals surface area contributed by atoms with Gasteiger partial charge in [-0.05, 0) is 42.0 Å². The number of nitrogens with zero attached hydrogens (tertiary/aromatic N) is 2. The number of hydrogen-bond donors (Lipinski definition) is 1. The molecule has 2 aromatic heterocycles. The first kappa shape index (κ1) is 20.9. The number of rotatable bonds is 8. The summed E-state index contributed by atoms with van der Waals surface area (Å²) in [6, 6.07) is 9.42. The summed E-state index contributed by atoms with van der Waals surface area (Å²) in [4.78, 5) is 30.0. The first-order valence-electron chi connectivity index (χ1n) is 9.76. The minimum Gasteiger partial charge on any atom is -0.497 e. The van der Waals surface area contributed by atoms with Gasteiger partial charge in [0.05, 0.1) is 31.0 Å². The van der Waals surface area contributed by atoms with Gasteiger partial charge >= 0.3 is 0 Å². The Bertz CT molecular complexity index is 1090. The van der Waals surface area contributed by atoms with Crippen molar-refractivity contribution in [3.8, 4) is 5.75 Å². The lowest BCUT2D eigenvalue weighted by atomic mass is 10.2. The highest BCUT2D eigenvalue weighted by molar-refractivity contribution is 7.99. The van der Waals surface area contributed by atoms with Gasteiger partial charge in [0, 0.05) is 13.2 Å². The number of fused-ring (bicyclic) bond motifs is 1. The molecule has 1 N–H and O–H groups in total. The van der Waals surface area contributed by atoms with E-state index in [0.717, 1.165) is 30.8 Å². The summed E-state index contributed by atoms with van der Waals surface area (Å²) in [6.45, 7) is 1.64. The lowest BCUT2D eigenvalue weighted by molar-refractivity contribution is -0.119. The van der Waals surface area contributed by atoms with Crippen LogP contribution in [0.15, 0.2) is 45.7 Å². The van der Waals surface area contributed by atoms with Crippen molar-refractivity contribution in [1.82, 2.24) is 14.9 Å². The highest BCUT2D eigenvalue weighted by Crippen LogP contribution is 2.22. The van der Waals surface area contributed by atoms with Crippen LogP contribution in [-0.4, -0.2) is 47.6 Å². The van der Waals surface area contributed by atoms with Crippen molar-refractivity contribution in [2.75, 3.05) is 26.0 Å². The van der Waals surface area contributed by atoms with E-state index in [9.17, 15) is 9.59 Å². The maximum Gasteiger partial charge on any atom is 0.272 e. The second-order valence-corrected chi connectivity index (χ2v) is 8.86. The Labute approximate surface area is 182 Å². The fourth-order valence-electron chi connectivity index (χ4n) is 3.34. The van der Waals surface area contributed by atoms with E-state index >= 15 is 0 Å². The Morgan fingerprint density at radius 1 is 1.43 bits per heavy atom. The number of ether oxygens (including phenoxy) is 2. The van der Waals surface area contributed by atoms with E-state index in [-0.39, 0.29) is 23.3 Å². The Morgan fingerprint density at radius 2 is 2.33 bits per heavy atom. The largest absolute Gasteiger partial charge is 0.497 e. The third-order valence-electron chi connectivity index (χ3n) is 4.89. The number of nitrogens with one attached hydrogen (secondary N) is 1. The van der Waals surface area contributed by atoms with Crippen LogP contribution in [0.4, 0.5) is 0 Å². The molecule has 30 heavy (non-hydrogen) atoms. The van der Waals surface area contributed by atoms with E-state index in [0.29, 0.717) is 28.5 Å². The number of carbonyl (C=O) groups is 1. The van der Waals surface area contributed by atoms with Crippen LogP contribution in [0.25, 0.3) is 10.2 Å². The molecule has 1 aliphatic heterocycles. The molecule has 3 heterocycles. The Kier molecular flexibility index (Phi) is 6.71. The summed E-state index contributed by atoms with van der Waals surface area (Å²) in [5, 5.41) is 5.30. The zero-order valence-corrected chi connectivity index (χ0v) is 18.3. The van der Waals surface area contributed by atoms with Gasteiger partial charge in [-0.25, -0.2) is 4.98 Å². The lowest BCUT2D eigenvalue weighted by Gasteiger charge is -2.13. The molecule has 1 atom stereocenters. The van der Waals surface area contributed by atoms with Gasteiger partial charge in [0.1, 0.15) is 10.4 Å². The molecule has 1 aliphatic rings. The summed E-state index contributed by atoms with van der Waals surface area (Å²) in [5.74, 6) is 0.823. The van der Waals surface area contributed by atoms with E-state index in [1.165, 1.54) is 23.1 Å². The zero-order valence-electron chi connectivity index (χ0n) is 16.6. The lowest BCUT2D eigenvalue weighted by Crippen LogP contribution is -2.33. The molecule has 0 radical (unpaired) electrons. The predicted octanol–water partition coefficient (Wildman–Crippen LogP) is 2.90. The molecule has 1 saturated heterocycles. The van der Waals surface area contributed by atoms with Gasteiger partial charge in [0.25, 0.3) is 5.56 Å². The van der Waals surface area contributed by atoms with Gasteiger partial charge in [-0.3, -0.25) is 14.2 Å². The molecule has 7 nitrogen and oxygen atoms in total. The molecule has 0 saturated carbocycles. The molecule has 3 aromatic rings. The SMILES string of the molecule is COc1cccc(Cn2c(SCC(=O)NC[C@@H]3CCCO3)nc3ccsc3c2=O)c1. The second kappa shape index (κ2) is 9.63. The van der Waals surface area contributed by atoms with E-state index in [2.05, 4.69) is 10.3 Å². The third kappa shape index (κ3) is 4.85. The number of hydrogen-bond acceptors (Lipinski definition) is 7. The monoisotopic (exact) mass is 445 g/mol. The summed E-state index contributed by atoms with van der Waals surface area (Å²) >= 11 is 2.65. The maximum atomic E-state index is 13.1. The van der Waals surface area contributed by atoms with Crippen molar-refractivity contribution in [1.29, 1.82) is 0 Å². The van der Waals surface area contributed by atoms with Gasteiger partial charge in [0.15, 0.2) is 5.16 Å². The highest BCUT2D eigenvalue weighted by atomic mass is 32.2. The molecule has 0 spiro atoms. The Balaban J connectivity index is 1.52. The van der Waals surface area contributed by atoms with Crippen LogP contribution < -0.4 is 15.6 Å². The van der Waals surface area contributed by atoms with Crippen molar-refractivity contribution >= 4 is 39.2 Å². The van der Waals surface area contributed by atoms with Crippen molar-refractivity contribution in [2.45, 2.75) is 30.6 Å². The minimum atomic E-state index is -0.0971. The zero-order chi connectivity index (χ0) is 20.9. The molecule has 4 rings (SSSR count). The fraction of sp³-hybridized carbons (Fsp3) is 0.381. The number of methoxy groups -OCH3 is 1. The molecular formula is C21H23N3O4S2. The van der Waals surface area contributed by atoms with E-state index in [1.807, 2.05) is 35.7 Å². The third-order valence-corrected chi connectivity index (χ3v) is 6.76. The van der Waals surface area contributed by atoms with Gasteiger partial charge in [-0.1, -0.05) is 23.9 Å². The average molecular weight is 446 g/mol. The fourth-order valence-corrected chi connectivity index (χ4v) is 4.95. The number of benzene rings is 1. The van der Waals surface area contributed by atoms with Crippen molar-refractivity contribution in [3.05, 3.63) is 51.6 Å². The molecule has 1 amide bonds. The molecule has 0 unspecified atom stereocenters. The number of aromatic nitrogens is 2. The smallest absolute Gasteiger partial charge is 0.272 e. The molecule has 0 bridgehead atoms. The number of amides is 1. The number of thiophene rings is 1. The van der Waals surface area contributed by atoms with Crippen LogP contribution in [-0.2, 0) is 16.1 Å². The van der Waals surface area contributed by atoms with Crippen LogP contribution in [0.3, 0.4) is 0 Å². The van der Waals surface area contributed by atoms with Crippen LogP contribution in [0.1, 0.15) is 18.4 Å². The molecule has 1 aromatic carbocycles. The predicted molar refractivity (Wildman–Crippen MR) is 119 cm³/mol. The molecule has 158 valence electrons. The van der Waals surface area contributed by atoms with Crippen LogP contribution in [0.2, 0.25) is 0 Å². The topological polar surface area (TPSA) is 82.4 Å². The molecule has 9 heteroatoms. The molecule has 1 fully saturated rings.